The third-order valence-electron chi connectivity index (χ3n) is 2.29. The number of benzene rings is 1. The lowest BCUT2D eigenvalue weighted by molar-refractivity contribution is 0.0524. The molecule has 0 aliphatic carbocycles. The van der Waals surface area contributed by atoms with Crippen LogP contribution in [0.3, 0.4) is 0 Å². The molecule has 0 aromatic heterocycles. The zero-order chi connectivity index (χ0) is 10.7. The lowest BCUT2D eigenvalue weighted by atomic mass is 10.1. The molecule has 0 amide bonds. The van der Waals surface area contributed by atoms with Crippen molar-refractivity contribution in [3.05, 3.63) is 49.1 Å². The second-order valence-electron chi connectivity index (χ2n) is 3.43. The third-order valence-corrected chi connectivity index (χ3v) is 2.29. The van der Waals surface area contributed by atoms with Crippen LogP contribution in [-0.2, 0) is 6.42 Å². The number of rotatable bonds is 4. The van der Waals surface area contributed by atoms with E-state index in [0.717, 1.165) is 23.5 Å². The van der Waals surface area contributed by atoms with Crippen molar-refractivity contribution in [2.45, 2.75) is 19.1 Å². The molecular weight excluding hydrogens is 188 g/mol. The van der Waals surface area contributed by atoms with E-state index < -0.39 is 0 Å². The smallest absolute Gasteiger partial charge is 0.244 e. The van der Waals surface area contributed by atoms with Crippen molar-refractivity contribution in [2.24, 2.45) is 0 Å². The molecule has 1 aliphatic rings. The van der Waals surface area contributed by atoms with Crippen molar-refractivity contribution in [1.82, 2.24) is 0 Å². The van der Waals surface area contributed by atoms with Crippen LogP contribution in [0.25, 0.3) is 0 Å². The summed E-state index contributed by atoms with van der Waals surface area (Å²) in [4.78, 5) is 0. The molecule has 1 aromatic rings. The van der Waals surface area contributed by atoms with Gasteiger partial charge in [-0.15, -0.1) is 13.2 Å². The van der Waals surface area contributed by atoms with E-state index in [1.54, 1.807) is 6.08 Å². The SMILES string of the molecule is C=CCc1cccc2c1OC(CC=C)O2. The minimum atomic E-state index is -0.219. The second kappa shape index (κ2) is 4.22. The van der Waals surface area contributed by atoms with E-state index in [4.69, 9.17) is 9.47 Å². The van der Waals surface area contributed by atoms with Gasteiger partial charge in [0, 0.05) is 12.0 Å². The topological polar surface area (TPSA) is 18.5 Å². The molecule has 0 radical (unpaired) electrons. The van der Waals surface area contributed by atoms with Crippen LogP contribution < -0.4 is 9.47 Å². The molecule has 0 bridgehead atoms. The molecule has 0 N–H and O–H groups in total. The molecule has 1 unspecified atom stereocenters. The summed E-state index contributed by atoms with van der Waals surface area (Å²) >= 11 is 0. The number of allylic oxidation sites excluding steroid dienone is 1. The molecule has 0 spiro atoms. The van der Waals surface area contributed by atoms with Crippen LogP contribution >= 0.6 is 0 Å². The summed E-state index contributed by atoms with van der Waals surface area (Å²) < 4.78 is 11.3. The average molecular weight is 202 g/mol. The molecule has 2 nitrogen and oxygen atoms in total. The molecular formula is C13H14O2. The van der Waals surface area contributed by atoms with E-state index in [1.165, 1.54) is 0 Å². The van der Waals surface area contributed by atoms with Crippen LogP contribution in [0, 0.1) is 0 Å². The van der Waals surface area contributed by atoms with E-state index in [0.29, 0.717) is 6.42 Å². The molecule has 0 fully saturated rings. The lowest BCUT2D eigenvalue weighted by Crippen LogP contribution is -2.16. The van der Waals surface area contributed by atoms with Gasteiger partial charge in [-0.1, -0.05) is 24.3 Å². The first-order chi connectivity index (χ1) is 7.35. The first-order valence-corrected chi connectivity index (χ1v) is 5.02. The number of para-hydroxylation sites is 1. The fourth-order valence-corrected chi connectivity index (χ4v) is 1.63. The molecule has 1 aliphatic heterocycles. The van der Waals surface area contributed by atoms with Crippen molar-refractivity contribution in [2.75, 3.05) is 0 Å². The quantitative estimate of drug-likeness (QED) is 0.698. The summed E-state index contributed by atoms with van der Waals surface area (Å²) in [5.41, 5.74) is 1.12. The predicted molar refractivity (Wildman–Crippen MR) is 60.2 cm³/mol. The first kappa shape index (κ1) is 9.84. The Bertz CT molecular complexity index is 382. The van der Waals surface area contributed by atoms with Crippen LogP contribution in [-0.4, -0.2) is 6.29 Å². The van der Waals surface area contributed by atoms with Crippen molar-refractivity contribution in [3.63, 3.8) is 0 Å². The normalized spacial score (nSPS) is 17.5. The van der Waals surface area contributed by atoms with Crippen LogP contribution in [0.2, 0.25) is 0 Å². The van der Waals surface area contributed by atoms with Crippen LogP contribution in [0.4, 0.5) is 0 Å². The Kier molecular flexibility index (Phi) is 2.77. The van der Waals surface area contributed by atoms with Crippen LogP contribution in [0.1, 0.15) is 12.0 Å². The number of hydrogen-bond acceptors (Lipinski definition) is 2. The summed E-state index contributed by atoms with van der Waals surface area (Å²) in [7, 11) is 0. The summed E-state index contributed by atoms with van der Waals surface area (Å²) in [6.07, 6.45) is 4.93. The van der Waals surface area contributed by atoms with Gasteiger partial charge in [0.2, 0.25) is 6.29 Å². The Morgan fingerprint density at radius 3 is 2.80 bits per heavy atom. The molecule has 2 rings (SSSR count). The highest BCUT2D eigenvalue weighted by atomic mass is 16.7. The van der Waals surface area contributed by atoms with Gasteiger partial charge in [0.1, 0.15) is 0 Å². The second-order valence-corrected chi connectivity index (χ2v) is 3.43. The summed E-state index contributed by atoms with van der Waals surface area (Å²) in [5.74, 6) is 1.67. The Morgan fingerprint density at radius 2 is 2.07 bits per heavy atom. The van der Waals surface area contributed by atoms with Gasteiger partial charge >= 0.3 is 0 Å². The van der Waals surface area contributed by atoms with Gasteiger partial charge in [-0.2, -0.15) is 0 Å². The molecule has 1 atom stereocenters. The lowest BCUT2D eigenvalue weighted by Gasteiger charge is -2.06. The molecule has 15 heavy (non-hydrogen) atoms. The van der Waals surface area contributed by atoms with Crippen molar-refractivity contribution in [1.29, 1.82) is 0 Å². The van der Waals surface area contributed by atoms with Gasteiger partial charge in [-0.05, 0) is 12.5 Å². The molecule has 1 heterocycles. The largest absolute Gasteiger partial charge is 0.451 e. The molecule has 0 saturated heterocycles. The predicted octanol–water partition coefficient (Wildman–Crippen LogP) is 3.09. The standard InChI is InChI=1S/C13H14O2/c1-3-6-10-8-5-9-11-13(10)15-12(14-11)7-4-2/h3-5,8-9,12H,1-2,6-7H2. The van der Waals surface area contributed by atoms with Gasteiger partial charge in [-0.25, -0.2) is 0 Å². The molecule has 78 valence electrons. The molecule has 0 saturated carbocycles. The summed E-state index contributed by atoms with van der Waals surface area (Å²) in [6.45, 7) is 7.39. The van der Waals surface area contributed by atoms with Crippen molar-refractivity contribution < 1.29 is 9.47 Å². The van der Waals surface area contributed by atoms with Gasteiger partial charge < -0.3 is 9.47 Å². The zero-order valence-electron chi connectivity index (χ0n) is 8.61. The Morgan fingerprint density at radius 1 is 1.20 bits per heavy atom. The fourth-order valence-electron chi connectivity index (χ4n) is 1.63. The fraction of sp³-hybridized carbons (Fsp3) is 0.231. The number of hydrogen-bond donors (Lipinski definition) is 0. The maximum absolute atomic E-state index is 5.69. The van der Waals surface area contributed by atoms with Gasteiger partial charge in [0.25, 0.3) is 0 Å². The van der Waals surface area contributed by atoms with Gasteiger partial charge in [0.15, 0.2) is 11.5 Å². The number of fused-ring (bicyclic) bond motifs is 1. The molecule has 1 aromatic carbocycles. The summed E-state index contributed by atoms with van der Waals surface area (Å²) in [6, 6.07) is 5.92. The van der Waals surface area contributed by atoms with E-state index in [1.807, 2.05) is 24.3 Å². The monoisotopic (exact) mass is 202 g/mol. The van der Waals surface area contributed by atoms with Crippen molar-refractivity contribution in [3.8, 4) is 11.5 Å². The van der Waals surface area contributed by atoms with E-state index in [-0.39, 0.29) is 6.29 Å². The Labute approximate surface area is 89.8 Å². The maximum Gasteiger partial charge on any atom is 0.244 e. The zero-order valence-corrected chi connectivity index (χ0v) is 8.61. The minimum absolute atomic E-state index is 0.219. The molecule has 2 heteroatoms. The maximum atomic E-state index is 5.69. The van der Waals surface area contributed by atoms with Crippen molar-refractivity contribution >= 4 is 0 Å². The van der Waals surface area contributed by atoms with Gasteiger partial charge in [-0.3, -0.25) is 0 Å². The van der Waals surface area contributed by atoms with E-state index >= 15 is 0 Å². The van der Waals surface area contributed by atoms with E-state index in [9.17, 15) is 0 Å². The van der Waals surface area contributed by atoms with Crippen LogP contribution in [0.5, 0.6) is 11.5 Å². The van der Waals surface area contributed by atoms with E-state index in [2.05, 4.69) is 13.2 Å². The highest BCUT2D eigenvalue weighted by Gasteiger charge is 2.24. The third kappa shape index (κ3) is 1.89. The highest BCUT2D eigenvalue weighted by molar-refractivity contribution is 5.49. The minimum Gasteiger partial charge on any atom is -0.451 e. The Hall–Kier alpha value is -1.70. The Balaban J connectivity index is 2.24. The first-order valence-electron chi connectivity index (χ1n) is 5.02. The average Bonchev–Trinajstić information content (AvgIpc) is 2.62. The number of ether oxygens (including phenoxy) is 2. The van der Waals surface area contributed by atoms with Gasteiger partial charge in [0.05, 0.1) is 0 Å². The highest BCUT2D eigenvalue weighted by Crippen LogP contribution is 2.38. The van der Waals surface area contributed by atoms with Crippen LogP contribution in [0.15, 0.2) is 43.5 Å². The summed E-state index contributed by atoms with van der Waals surface area (Å²) in [5, 5.41) is 0.